The highest BCUT2D eigenvalue weighted by Gasteiger charge is 2.22. The van der Waals surface area contributed by atoms with Crippen molar-refractivity contribution in [2.75, 3.05) is 33.4 Å². The second kappa shape index (κ2) is 9.11. The fraction of sp³-hybridized carbons (Fsp3) is 0.625. The molecule has 1 heterocycles. The van der Waals surface area contributed by atoms with E-state index in [9.17, 15) is 0 Å². The predicted octanol–water partition coefficient (Wildman–Crippen LogP) is 3.69. The molecule has 1 N–H and O–H groups in total. The minimum absolute atomic E-state index is 0.593. The zero-order valence-corrected chi connectivity index (χ0v) is 14.9. The summed E-state index contributed by atoms with van der Waals surface area (Å²) in [5.74, 6) is 0. The van der Waals surface area contributed by atoms with Crippen molar-refractivity contribution in [2.45, 2.75) is 31.8 Å². The van der Waals surface area contributed by atoms with Crippen LogP contribution >= 0.6 is 27.5 Å². The number of ether oxygens (including phenoxy) is 1. The van der Waals surface area contributed by atoms with Gasteiger partial charge in [0, 0.05) is 42.3 Å². The molecule has 1 aliphatic heterocycles. The van der Waals surface area contributed by atoms with E-state index in [0.717, 1.165) is 42.3 Å². The van der Waals surface area contributed by atoms with Gasteiger partial charge < -0.3 is 10.1 Å². The first kappa shape index (κ1) is 17.2. The monoisotopic (exact) mass is 374 g/mol. The highest BCUT2D eigenvalue weighted by molar-refractivity contribution is 9.10. The van der Waals surface area contributed by atoms with Crippen LogP contribution in [0.15, 0.2) is 22.7 Å². The van der Waals surface area contributed by atoms with Gasteiger partial charge in [0.25, 0.3) is 0 Å². The molecule has 3 nitrogen and oxygen atoms in total. The Morgan fingerprint density at radius 2 is 2.29 bits per heavy atom. The highest BCUT2D eigenvalue weighted by atomic mass is 79.9. The van der Waals surface area contributed by atoms with Gasteiger partial charge in [0.1, 0.15) is 0 Å². The summed E-state index contributed by atoms with van der Waals surface area (Å²) in [7, 11) is 1.74. The Balaban J connectivity index is 1.91. The van der Waals surface area contributed by atoms with E-state index in [1.807, 2.05) is 6.07 Å². The Hall–Kier alpha value is -0.130. The van der Waals surface area contributed by atoms with Crippen molar-refractivity contribution in [1.29, 1.82) is 0 Å². The SMILES string of the molecule is COCCNCC1CCCCN1Cc1ccc(Br)cc1Cl. The van der Waals surface area contributed by atoms with Crippen molar-refractivity contribution in [3.05, 3.63) is 33.3 Å². The second-order valence-corrected chi connectivity index (χ2v) is 6.88. The number of halogens is 2. The highest BCUT2D eigenvalue weighted by Crippen LogP contribution is 2.25. The smallest absolute Gasteiger partial charge is 0.0587 e. The van der Waals surface area contributed by atoms with Gasteiger partial charge in [0.05, 0.1) is 6.61 Å². The molecule has 21 heavy (non-hydrogen) atoms. The standard InChI is InChI=1S/C16H24BrClN2O/c1-21-9-7-19-11-15-4-2-3-8-20(15)12-13-5-6-14(17)10-16(13)18/h5-6,10,15,19H,2-4,7-9,11-12H2,1H3. The fourth-order valence-electron chi connectivity index (χ4n) is 2.81. The molecule has 1 aromatic carbocycles. The summed E-state index contributed by atoms with van der Waals surface area (Å²) in [5, 5.41) is 4.34. The Morgan fingerprint density at radius 3 is 3.05 bits per heavy atom. The third-order valence-corrected chi connectivity index (χ3v) is 4.85. The zero-order chi connectivity index (χ0) is 15.1. The average molecular weight is 376 g/mol. The normalized spacial score (nSPS) is 19.9. The molecule has 0 amide bonds. The van der Waals surface area contributed by atoms with Gasteiger partial charge in [0.2, 0.25) is 0 Å². The largest absolute Gasteiger partial charge is 0.383 e. The van der Waals surface area contributed by atoms with Gasteiger partial charge in [-0.15, -0.1) is 0 Å². The number of hydrogen-bond acceptors (Lipinski definition) is 3. The Labute approximate surface area is 141 Å². The van der Waals surface area contributed by atoms with Gasteiger partial charge in [-0.1, -0.05) is 40.0 Å². The van der Waals surface area contributed by atoms with Gasteiger partial charge in [-0.2, -0.15) is 0 Å². The van der Waals surface area contributed by atoms with Gasteiger partial charge >= 0.3 is 0 Å². The molecule has 0 radical (unpaired) electrons. The molecular formula is C16H24BrClN2O. The summed E-state index contributed by atoms with van der Waals surface area (Å²) in [6.45, 7) is 4.80. The topological polar surface area (TPSA) is 24.5 Å². The molecule has 1 aliphatic rings. The first-order valence-electron chi connectivity index (χ1n) is 7.58. The number of methoxy groups -OCH3 is 1. The van der Waals surface area contributed by atoms with E-state index in [1.165, 1.54) is 24.8 Å². The van der Waals surface area contributed by atoms with Gasteiger partial charge in [-0.3, -0.25) is 4.90 Å². The molecule has 0 bridgehead atoms. The zero-order valence-electron chi connectivity index (χ0n) is 12.6. The lowest BCUT2D eigenvalue weighted by atomic mass is 10.0. The van der Waals surface area contributed by atoms with E-state index in [1.54, 1.807) is 7.11 Å². The fourth-order valence-corrected chi connectivity index (χ4v) is 3.54. The first-order chi connectivity index (χ1) is 10.2. The van der Waals surface area contributed by atoms with Crippen LogP contribution < -0.4 is 5.32 Å². The third kappa shape index (κ3) is 5.53. The van der Waals surface area contributed by atoms with E-state index in [4.69, 9.17) is 16.3 Å². The molecule has 0 aromatic heterocycles. The molecule has 1 saturated heterocycles. The number of piperidine rings is 1. The predicted molar refractivity (Wildman–Crippen MR) is 91.9 cm³/mol. The molecule has 0 spiro atoms. The Bertz CT molecular complexity index is 444. The van der Waals surface area contributed by atoms with Crippen LogP contribution in [0.5, 0.6) is 0 Å². The van der Waals surface area contributed by atoms with Crippen molar-refractivity contribution in [2.24, 2.45) is 0 Å². The second-order valence-electron chi connectivity index (χ2n) is 5.55. The van der Waals surface area contributed by atoms with E-state index >= 15 is 0 Å². The van der Waals surface area contributed by atoms with Crippen molar-refractivity contribution < 1.29 is 4.74 Å². The van der Waals surface area contributed by atoms with Crippen molar-refractivity contribution in [3.8, 4) is 0 Å². The number of benzene rings is 1. The average Bonchev–Trinajstić information content (AvgIpc) is 2.48. The van der Waals surface area contributed by atoms with Crippen LogP contribution in [-0.2, 0) is 11.3 Å². The molecule has 1 fully saturated rings. The maximum atomic E-state index is 6.35. The summed E-state index contributed by atoms with van der Waals surface area (Å²) in [4.78, 5) is 2.55. The summed E-state index contributed by atoms with van der Waals surface area (Å²) < 4.78 is 6.12. The first-order valence-corrected chi connectivity index (χ1v) is 8.75. The number of likely N-dealkylation sites (tertiary alicyclic amines) is 1. The van der Waals surface area contributed by atoms with Crippen molar-refractivity contribution in [1.82, 2.24) is 10.2 Å². The lowest BCUT2D eigenvalue weighted by Crippen LogP contribution is -2.45. The molecule has 1 unspecified atom stereocenters. The molecule has 0 saturated carbocycles. The van der Waals surface area contributed by atoms with E-state index < -0.39 is 0 Å². The van der Waals surface area contributed by atoms with Crippen LogP contribution in [0.4, 0.5) is 0 Å². The van der Waals surface area contributed by atoms with Crippen LogP contribution in [0.3, 0.4) is 0 Å². The summed E-state index contributed by atoms with van der Waals surface area (Å²) >= 11 is 9.82. The molecule has 2 rings (SSSR count). The minimum Gasteiger partial charge on any atom is -0.383 e. The van der Waals surface area contributed by atoms with Gasteiger partial charge in [-0.25, -0.2) is 0 Å². The molecule has 1 aromatic rings. The summed E-state index contributed by atoms with van der Waals surface area (Å²) in [5.41, 5.74) is 1.21. The van der Waals surface area contributed by atoms with Crippen LogP contribution in [-0.4, -0.2) is 44.3 Å². The quantitative estimate of drug-likeness (QED) is 0.736. The lowest BCUT2D eigenvalue weighted by Gasteiger charge is -2.36. The van der Waals surface area contributed by atoms with E-state index in [-0.39, 0.29) is 0 Å². The molecular weight excluding hydrogens is 352 g/mol. The minimum atomic E-state index is 0.593. The van der Waals surface area contributed by atoms with Crippen molar-refractivity contribution >= 4 is 27.5 Å². The Kier molecular flexibility index (Phi) is 7.47. The molecule has 1 atom stereocenters. The summed E-state index contributed by atoms with van der Waals surface area (Å²) in [6, 6.07) is 6.76. The number of rotatable bonds is 7. The van der Waals surface area contributed by atoms with Crippen LogP contribution in [0, 0.1) is 0 Å². The van der Waals surface area contributed by atoms with Gasteiger partial charge in [-0.05, 0) is 37.1 Å². The van der Waals surface area contributed by atoms with Crippen LogP contribution in [0.1, 0.15) is 24.8 Å². The van der Waals surface area contributed by atoms with E-state index in [0.29, 0.717) is 6.04 Å². The molecule has 0 aliphatic carbocycles. The lowest BCUT2D eigenvalue weighted by molar-refractivity contribution is 0.133. The maximum absolute atomic E-state index is 6.35. The van der Waals surface area contributed by atoms with Crippen molar-refractivity contribution in [3.63, 3.8) is 0 Å². The van der Waals surface area contributed by atoms with Crippen LogP contribution in [0.2, 0.25) is 5.02 Å². The number of hydrogen-bond donors (Lipinski definition) is 1. The van der Waals surface area contributed by atoms with Crippen LogP contribution in [0.25, 0.3) is 0 Å². The number of nitrogens with one attached hydrogen (secondary N) is 1. The van der Waals surface area contributed by atoms with E-state index in [2.05, 4.69) is 38.3 Å². The third-order valence-electron chi connectivity index (χ3n) is 4.00. The number of nitrogens with zero attached hydrogens (tertiary/aromatic N) is 1. The molecule has 118 valence electrons. The summed E-state index contributed by atoms with van der Waals surface area (Å²) in [6.07, 6.45) is 3.86. The maximum Gasteiger partial charge on any atom is 0.0587 e. The van der Waals surface area contributed by atoms with Gasteiger partial charge in [0.15, 0.2) is 0 Å². The molecule has 5 heteroatoms. The Morgan fingerprint density at radius 1 is 1.43 bits per heavy atom.